The molecule has 4 aromatic carbocycles. The van der Waals surface area contributed by atoms with Gasteiger partial charge in [-0.3, -0.25) is 9.59 Å². The first-order valence-electron chi connectivity index (χ1n) is 38.0. The van der Waals surface area contributed by atoms with Gasteiger partial charge in [-0.2, -0.15) is 0 Å². The molecule has 0 bridgehead atoms. The van der Waals surface area contributed by atoms with Gasteiger partial charge in [0.15, 0.2) is 0 Å². The molecule has 2 aliphatic rings. The van der Waals surface area contributed by atoms with Crippen LogP contribution < -0.4 is 0 Å². The molecule has 504 valence electrons. The Hall–Kier alpha value is -5.12. The average Bonchev–Trinajstić information content (AvgIpc) is 1.54. The smallest absolute Gasteiger partial charge is 0.261 e. The Morgan fingerprint density at radius 1 is 0.340 bits per heavy atom. The van der Waals surface area contributed by atoms with Crippen LogP contribution in [0.15, 0.2) is 114 Å². The normalized spacial score (nSPS) is 14.3. The van der Waals surface area contributed by atoms with Gasteiger partial charge < -0.3 is 9.80 Å². The van der Waals surface area contributed by atoms with Crippen molar-refractivity contribution >= 4 is 93.8 Å². The number of carbonyl (C=O) groups excluding carboxylic acids is 2. The number of aryl methyl sites for hydroxylation is 3. The molecule has 8 aromatic rings. The van der Waals surface area contributed by atoms with Crippen molar-refractivity contribution in [1.82, 2.24) is 9.80 Å². The zero-order valence-corrected chi connectivity index (χ0v) is 62.5. The highest BCUT2D eigenvalue weighted by Crippen LogP contribution is 2.53. The summed E-state index contributed by atoms with van der Waals surface area (Å²) in [5.74, 6) is 0.887. The number of unbranched alkanes of at least 4 members (excludes halogenated alkanes) is 22. The van der Waals surface area contributed by atoms with Crippen LogP contribution in [-0.2, 0) is 22.4 Å². The van der Waals surface area contributed by atoms with E-state index < -0.39 is 0 Å². The summed E-state index contributed by atoms with van der Waals surface area (Å²) in [6.45, 7) is 19.5. The van der Waals surface area contributed by atoms with Crippen LogP contribution in [0.4, 0.5) is 0 Å². The van der Waals surface area contributed by atoms with Crippen molar-refractivity contribution in [2.75, 3.05) is 13.1 Å². The zero-order chi connectivity index (χ0) is 65.8. The topological polar surface area (TPSA) is 40.6 Å². The summed E-state index contributed by atoms with van der Waals surface area (Å²) in [5, 5.41) is 5.22. The molecule has 0 radical (unpaired) electrons. The minimum atomic E-state index is 0.0462. The van der Waals surface area contributed by atoms with E-state index in [1.807, 2.05) is 34.0 Å². The lowest BCUT2D eigenvalue weighted by atomic mass is 9.92. The third kappa shape index (κ3) is 18.0. The Kier molecular flexibility index (Phi) is 27.8. The fourth-order valence-corrected chi connectivity index (χ4v) is 19.7. The standard InChI is InChI=1S/C86H114N2O2S4/c1-9-15-21-27-29-35-41-65(39-33-25-19-13-5)59-87-62(8)80-81(86(87)90)82(88(85(80)89)60-66(40-34-26-20-14-6)42-36-30-28-22-16-10-2)77-54-53-76(92-77)79-58-74-70(68-50-46-64(47-51-68)38-32-24-18-12-4)56-71-72(84(74)94-79)55-69(67-48-44-63(45-49-67)37-31-23-17-11-3)73-57-78(93-83(71)73)75-52-43-61(7)91-75/h43-58,65-66H,9-42,59-60H2,1-8H3. The number of fused-ring (bicyclic) bond motifs is 6. The minimum Gasteiger partial charge on any atom is -0.311 e. The van der Waals surface area contributed by atoms with Crippen LogP contribution in [0.2, 0.25) is 0 Å². The van der Waals surface area contributed by atoms with E-state index in [1.165, 1.54) is 268 Å². The molecule has 0 N–H and O–H groups in total. The van der Waals surface area contributed by atoms with Crippen LogP contribution in [0.5, 0.6) is 0 Å². The maximum Gasteiger partial charge on any atom is 0.261 e. The molecule has 6 heterocycles. The number of amides is 2. The zero-order valence-electron chi connectivity index (χ0n) is 59.2. The van der Waals surface area contributed by atoms with Crippen LogP contribution in [0.1, 0.15) is 275 Å². The summed E-state index contributed by atoms with van der Waals surface area (Å²) < 4.78 is 2.66. The Labute approximate surface area is 584 Å². The maximum atomic E-state index is 15.7. The highest BCUT2D eigenvalue weighted by molar-refractivity contribution is 7.28. The lowest BCUT2D eigenvalue weighted by Gasteiger charge is -2.29. The van der Waals surface area contributed by atoms with Crippen molar-refractivity contribution in [3.63, 3.8) is 0 Å². The van der Waals surface area contributed by atoms with Crippen molar-refractivity contribution in [3.05, 3.63) is 135 Å². The van der Waals surface area contributed by atoms with Gasteiger partial charge in [-0.15, -0.1) is 45.3 Å². The molecule has 2 unspecified atom stereocenters. The highest BCUT2D eigenvalue weighted by Gasteiger charge is 2.48. The second-order valence-electron chi connectivity index (χ2n) is 28.3. The Morgan fingerprint density at radius 2 is 0.713 bits per heavy atom. The van der Waals surface area contributed by atoms with Crippen LogP contribution >= 0.6 is 45.3 Å². The quantitative estimate of drug-likeness (QED) is 0.0357. The molecule has 0 aliphatic carbocycles. The average molecular weight is 1340 g/mol. The number of allylic oxidation sites excluding steroid dienone is 1. The molecule has 94 heavy (non-hydrogen) atoms. The number of hydrogen-bond donors (Lipinski definition) is 0. The summed E-state index contributed by atoms with van der Waals surface area (Å²) in [5.41, 5.74) is 11.0. The predicted octanol–water partition coefficient (Wildman–Crippen LogP) is 28.0. The molecule has 0 saturated heterocycles. The van der Waals surface area contributed by atoms with Crippen molar-refractivity contribution < 1.29 is 9.59 Å². The third-order valence-electron chi connectivity index (χ3n) is 20.8. The lowest BCUT2D eigenvalue weighted by Crippen LogP contribution is -2.34. The summed E-state index contributed by atoms with van der Waals surface area (Å²) in [4.78, 5) is 43.0. The molecule has 10 rings (SSSR count). The molecule has 8 heteroatoms. The Morgan fingerprint density at radius 3 is 1.15 bits per heavy atom. The van der Waals surface area contributed by atoms with Gasteiger partial charge >= 0.3 is 0 Å². The van der Waals surface area contributed by atoms with Gasteiger partial charge in [-0.05, 0) is 159 Å². The van der Waals surface area contributed by atoms with Gasteiger partial charge in [0.2, 0.25) is 0 Å². The second kappa shape index (κ2) is 36.5. The number of rotatable bonds is 43. The summed E-state index contributed by atoms with van der Waals surface area (Å²) >= 11 is 7.56. The minimum absolute atomic E-state index is 0.0462. The first kappa shape index (κ1) is 71.6. The molecule has 2 atom stereocenters. The van der Waals surface area contributed by atoms with Crippen molar-refractivity contribution in [2.45, 2.75) is 274 Å². The van der Waals surface area contributed by atoms with Gasteiger partial charge in [0, 0.05) is 74.1 Å². The van der Waals surface area contributed by atoms with Crippen LogP contribution in [0.3, 0.4) is 0 Å². The van der Waals surface area contributed by atoms with Crippen LogP contribution in [-0.4, -0.2) is 34.7 Å². The monoisotopic (exact) mass is 1330 g/mol. The van der Waals surface area contributed by atoms with Gasteiger partial charge in [0.25, 0.3) is 11.8 Å². The van der Waals surface area contributed by atoms with E-state index in [-0.39, 0.29) is 11.8 Å². The molecular weight excluding hydrogens is 1220 g/mol. The maximum absolute atomic E-state index is 15.7. The van der Waals surface area contributed by atoms with Crippen molar-refractivity contribution in [1.29, 1.82) is 0 Å². The van der Waals surface area contributed by atoms with Crippen molar-refractivity contribution in [3.8, 4) is 41.8 Å². The van der Waals surface area contributed by atoms with Crippen LogP contribution in [0.25, 0.3) is 78.4 Å². The summed E-state index contributed by atoms with van der Waals surface area (Å²) in [6.07, 6.45) is 41.9. The molecule has 0 fully saturated rings. The molecule has 0 spiro atoms. The van der Waals surface area contributed by atoms with E-state index in [9.17, 15) is 0 Å². The van der Waals surface area contributed by atoms with Gasteiger partial charge in [0.1, 0.15) is 0 Å². The lowest BCUT2D eigenvalue weighted by molar-refractivity contribution is -0.125. The van der Waals surface area contributed by atoms with E-state index in [4.69, 9.17) is 0 Å². The summed E-state index contributed by atoms with van der Waals surface area (Å²) in [7, 11) is 0. The molecule has 2 aliphatic heterocycles. The fourth-order valence-electron chi connectivity index (χ4n) is 15.2. The Balaban J connectivity index is 1.09. The van der Waals surface area contributed by atoms with E-state index in [1.54, 1.807) is 11.3 Å². The van der Waals surface area contributed by atoms with E-state index in [0.29, 0.717) is 36.1 Å². The third-order valence-corrected chi connectivity index (χ3v) is 25.6. The number of hydrogen-bond acceptors (Lipinski definition) is 6. The summed E-state index contributed by atoms with van der Waals surface area (Å²) in [6, 6.07) is 38.3. The van der Waals surface area contributed by atoms with E-state index in [2.05, 4.69) is 162 Å². The van der Waals surface area contributed by atoms with E-state index in [0.717, 1.165) is 54.8 Å². The largest absolute Gasteiger partial charge is 0.311 e. The van der Waals surface area contributed by atoms with Gasteiger partial charge in [-0.1, -0.05) is 257 Å². The second-order valence-corrected chi connectivity index (χ2v) is 32.8. The van der Waals surface area contributed by atoms with Gasteiger partial charge in [0.05, 0.1) is 21.7 Å². The number of carbonyl (C=O) groups is 2. The number of thiophene rings is 4. The SMILES string of the molecule is CCCCCCCCC(CCCCCC)CN1C(=O)C2=C(c3ccc(-c4cc5c(-c6ccc(CCCCCC)cc6)cc6c(cc(-c7ccc(CCCCCC)cc7)c7cc(-c8ccc(C)s8)sc76)c5s4)s3)N(CC(CCCCCC)CCCCCCCC)C(=O)C2=C1C. The Bertz CT molecular complexity index is 3770. The van der Waals surface area contributed by atoms with E-state index >= 15 is 9.59 Å². The highest BCUT2D eigenvalue weighted by atomic mass is 32.1. The molecule has 4 aromatic heterocycles. The first-order valence-corrected chi connectivity index (χ1v) is 41.3. The molecule has 0 saturated carbocycles. The molecule has 2 amide bonds. The molecular formula is C86H114N2O2S4. The first-order chi connectivity index (χ1) is 46.1. The number of benzene rings is 4. The predicted molar refractivity (Wildman–Crippen MR) is 416 cm³/mol. The van der Waals surface area contributed by atoms with Gasteiger partial charge in [-0.25, -0.2) is 0 Å². The molecule has 4 nitrogen and oxygen atoms in total. The fraction of sp³-hybridized carbons (Fsp3) is 0.535. The number of nitrogens with zero attached hydrogens (tertiary/aromatic N) is 2. The van der Waals surface area contributed by atoms with Crippen LogP contribution in [0, 0.1) is 18.8 Å². The van der Waals surface area contributed by atoms with Crippen molar-refractivity contribution in [2.24, 2.45) is 11.8 Å².